The third kappa shape index (κ3) is 5.91. The monoisotopic (exact) mass is 470 g/mol. The van der Waals surface area contributed by atoms with E-state index < -0.39 is 0 Å². The molecule has 1 amide bonds. The zero-order valence-electron chi connectivity index (χ0n) is 20.1. The molecule has 0 bridgehead atoms. The molecule has 0 spiro atoms. The summed E-state index contributed by atoms with van der Waals surface area (Å²) in [4.78, 5) is 17.2. The second-order valence-corrected chi connectivity index (χ2v) is 10.3. The summed E-state index contributed by atoms with van der Waals surface area (Å²) < 4.78 is 5.87. The lowest BCUT2D eigenvalue weighted by molar-refractivity contribution is -0.123. The predicted molar refractivity (Wildman–Crippen MR) is 140 cm³/mol. The zero-order chi connectivity index (χ0) is 24.1. The molecule has 34 heavy (non-hydrogen) atoms. The fourth-order valence-corrected chi connectivity index (χ4v) is 4.50. The van der Waals surface area contributed by atoms with E-state index in [4.69, 9.17) is 9.72 Å². The van der Waals surface area contributed by atoms with Crippen molar-refractivity contribution >= 4 is 17.2 Å². The van der Waals surface area contributed by atoms with Gasteiger partial charge in [-0.3, -0.25) is 4.79 Å². The van der Waals surface area contributed by atoms with Crippen LogP contribution in [0, 0.1) is 6.92 Å². The van der Waals surface area contributed by atoms with Crippen molar-refractivity contribution in [1.82, 2.24) is 10.3 Å². The van der Waals surface area contributed by atoms with Gasteiger partial charge in [0.25, 0.3) is 5.91 Å². The van der Waals surface area contributed by atoms with Crippen LogP contribution in [0.4, 0.5) is 0 Å². The van der Waals surface area contributed by atoms with Crippen LogP contribution in [0.3, 0.4) is 0 Å². The van der Waals surface area contributed by atoms with Crippen LogP contribution in [0.25, 0.3) is 21.8 Å². The van der Waals surface area contributed by atoms with Crippen LogP contribution in [0.2, 0.25) is 0 Å². The molecular weight excluding hydrogens is 440 g/mol. The molecule has 4 rings (SSSR count). The maximum absolute atomic E-state index is 12.4. The highest BCUT2D eigenvalue weighted by Gasteiger charge is 2.19. The second kappa shape index (κ2) is 10.2. The lowest BCUT2D eigenvalue weighted by Gasteiger charge is -2.23. The highest BCUT2D eigenvalue weighted by atomic mass is 32.1. The number of nitrogens with zero attached hydrogens (tertiary/aromatic N) is 1. The molecule has 4 aromatic rings. The SMILES string of the molecule is Cc1ccc(OCC(=O)NCc2ccc(-c3nc(-c4ccccc4)cs3)cc2)c(C(C)(C)C)c1. The highest BCUT2D eigenvalue weighted by Crippen LogP contribution is 2.32. The Morgan fingerprint density at radius 2 is 1.71 bits per heavy atom. The van der Waals surface area contributed by atoms with E-state index >= 15 is 0 Å². The van der Waals surface area contributed by atoms with E-state index in [2.05, 4.69) is 56.6 Å². The van der Waals surface area contributed by atoms with Gasteiger partial charge in [0.15, 0.2) is 6.61 Å². The fourth-order valence-electron chi connectivity index (χ4n) is 3.66. The van der Waals surface area contributed by atoms with Gasteiger partial charge in [-0.15, -0.1) is 11.3 Å². The molecule has 0 radical (unpaired) electrons. The van der Waals surface area contributed by atoms with Crippen LogP contribution in [0.1, 0.15) is 37.5 Å². The predicted octanol–water partition coefficient (Wildman–Crippen LogP) is 6.78. The lowest BCUT2D eigenvalue weighted by atomic mass is 9.85. The molecule has 0 aliphatic carbocycles. The third-order valence-corrected chi connectivity index (χ3v) is 6.46. The second-order valence-electron chi connectivity index (χ2n) is 9.42. The van der Waals surface area contributed by atoms with Crippen molar-refractivity contribution in [3.63, 3.8) is 0 Å². The molecule has 0 fully saturated rings. The summed E-state index contributed by atoms with van der Waals surface area (Å²) in [6.45, 7) is 8.95. The summed E-state index contributed by atoms with van der Waals surface area (Å²) in [6.07, 6.45) is 0. The highest BCUT2D eigenvalue weighted by molar-refractivity contribution is 7.13. The first-order valence-corrected chi connectivity index (χ1v) is 12.3. The van der Waals surface area contributed by atoms with Crippen LogP contribution in [-0.4, -0.2) is 17.5 Å². The van der Waals surface area contributed by atoms with Crippen LogP contribution in [-0.2, 0) is 16.8 Å². The van der Waals surface area contributed by atoms with E-state index in [9.17, 15) is 4.79 Å². The Hall–Kier alpha value is -3.44. The average Bonchev–Trinajstić information content (AvgIpc) is 3.33. The van der Waals surface area contributed by atoms with Gasteiger partial charge in [0.05, 0.1) is 5.69 Å². The molecular formula is C29H30N2O2S. The molecule has 1 heterocycles. The molecule has 0 unspecified atom stereocenters. The standard InChI is InChI=1S/C29H30N2O2S/c1-20-10-15-26(24(16-20)29(2,3)4)33-18-27(32)30-17-21-11-13-23(14-12-21)28-31-25(19-34-28)22-8-6-5-7-9-22/h5-16,19H,17-18H2,1-4H3,(H,30,32). The molecule has 174 valence electrons. The molecule has 0 saturated heterocycles. The van der Waals surface area contributed by atoms with Crippen LogP contribution >= 0.6 is 11.3 Å². The number of carbonyl (C=O) groups excluding carboxylic acids is 1. The molecule has 3 aromatic carbocycles. The van der Waals surface area contributed by atoms with Gasteiger partial charge >= 0.3 is 0 Å². The van der Waals surface area contributed by atoms with Crippen molar-refractivity contribution in [3.05, 3.63) is 94.9 Å². The van der Waals surface area contributed by atoms with Crippen molar-refractivity contribution < 1.29 is 9.53 Å². The Kier molecular flexibility index (Phi) is 7.13. The first-order valence-electron chi connectivity index (χ1n) is 11.4. The minimum atomic E-state index is -0.142. The molecule has 0 atom stereocenters. The molecule has 4 nitrogen and oxygen atoms in total. The molecule has 0 aliphatic heterocycles. The van der Waals surface area contributed by atoms with Crippen LogP contribution in [0.5, 0.6) is 5.75 Å². The third-order valence-electron chi connectivity index (χ3n) is 5.57. The zero-order valence-corrected chi connectivity index (χ0v) is 20.9. The van der Waals surface area contributed by atoms with E-state index in [1.54, 1.807) is 11.3 Å². The van der Waals surface area contributed by atoms with Crippen molar-refractivity contribution in [2.24, 2.45) is 0 Å². The van der Waals surface area contributed by atoms with E-state index in [1.165, 1.54) is 5.56 Å². The van der Waals surface area contributed by atoms with Gasteiger partial charge in [0.1, 0.15) is 10.8 Å². The van der Waals surface area contributed by atoms with Crippen LogP contribution in [0.15, 0.2) is 78.2 Å². The van der Waals surface area contributed by atoms with Gasteiger partial charge in [-0.1, -0.05) is 93.1 Å². The number of aromatic nitrogens is 1. The quantitative estimate of drug-likeness (QED) is 0.324. The van der Waals surface area contributed by atoms with Gasteiger partial charge in [0, 0.05) is 23.1 Å². The molecule has 0 aliphatic rings. The summed E-state index contributed by atoms with van der Waals surface area (Å²) in [7, 11) is 0. The topological polar surface area (TPSA) is 51.2 Å². The first-order chi connectivity index (χ1) is 16.3. The van der Waals surface area contributed by atoms with Crippen molar-refractivity contribution in [1.29, 1.82) is 0 Å². The number of aryl methyl sites for hydroxylation is 1. The Morgan fingerprint density at radius 3 is 2.41 bits per heavy atom. The Balaban J connectivity index is 1.32. The molecule has 5 heteroatoms. The normalized spacial score (nSPS) is 11.3. The number of ether oxygens (including phenoxy) is 1. The molecule has 1 N–H and O–H groups in total. The number of rotatable bonds is 7. The lowest BCUT2D eigenvalue weighted by Crippen LogP contribution is -2.29. The van der Waals surface area contributed by atoms with Crippen LogP contribution < -0.4 is 10.1 Å². The van der Waals surface area contributed by atoms with E-state index in [-0.39, 0.29) is 17.9 Å². The fraction of sp³-hybridized carbons (Fsp3) is 0.241. The number of nitrogens with one attached hydrogen (secondary N) is 1. The van der Waals surface area contributed by atoms with Gasteiger partial charge in [-0.05, 0) is 29.5 Å². The Morgan fingerprint density at radius 1 is 0.971 bits per heavy atom. The van der Waals surface area contributed by atoms with E-state index in [1.807, 2.05) is 54.6 Å². The van der Waals surface area contributed by atoms with Gasteiger partial charge in [-0.25, -0.2) is 4.98 Å². The van der Waals surface area contributed by atoms with E-state index in [0.29, 0.717) is 6.54 Å². The number of amides is 1. The van der Waals surface area contributed by atoms with Crippen molar-refractivity contribution in [3.8, 4) is 27.6 Å². The smallest absolute Gasteiger partial charge is 0.258 e. The maximum atomic E-state index is 12.4. The number of carbonyl (C=O) groups is 1. The summed E-state index contributed by atoms with van der Waals surface area (Å²) in [5, 5.41) is 6.01. The van der Waals surface area contributed by atoms with Gasteiger partial charge < -0.3 is 10.1 Å². The summed E-state index contributed by atoms with van der Waals surface area (Å²) >= 11 is 1.63. The Labute approximate surface area is 205 Å². The minimum absolute atomic E-state index is 0.00833. The van der Waals surface area contributed by atoms with E-state index in [0.717, 1.165) is 38.7 Å². The maximum Gasteiger partial charge on any atom is 0.258 e. The summed E-state index contributed by atoms with van der Waals surface area (Å²) in [6, 6.07) is 24.4. The summed E-state index contributed by atoms with van der Waals surface area (Å²) in [5.41, 5.74) is 6.43. The largest absolute Gasteiger partial charge is 0.483 e. The van der Waals surface area contributed by atoms with Gasteiger partial charge in [-0.2, -0.15) is 0 Å². The molecule has 1 aromatic heterocycles. The average molecular weight is 471 g/mol. The summed E-state index contributed by atoms with van der Waals surface area (Å²) in [5.74, 6) is 0.618. The minimum Gasteiger partial charge on any atom is -0.483 e. The number of hydrogen-bond acceptors (Lipinski definition) is 4. The van der Waals surface area contributed by atoms with Crippen molar-refractivity contribution in [2.45, 2.75) is 39.7 Å². The number of benzene rings is 3. The Bertz CT molecular complexity index is 1260. The number of thiazole rings is 1. The van der Waals surface area contributed by atoms with Crippen molar-refractivity contribution in [2.75, 3.05) is 6.61 Å². The number of hydrogen-bond donors (Lipinski definition) is 1. The molecule has 0 saturated carbocycles. The first kappa shape index (κ1) is 23.7. The van der Waals surface area contributed by atoms with Gasteiger partial charge in [0.2, 0.25) is 0 Å².